The zero-order chi connectivity index (χ0) is 18.4. The van der Waals surface area contributed by atoms with E-state index < -0.39 is 5.91 Å². The van der Waals surface area contributed by atoms with E-state index in [1.165, 1.54) is 25.1 Å². The minimum absolute atomic E-state index is 0.179. The molecule has 0 aliphatic heterocycles. The fraction of sp³-hybridized carbons (Fsp3) is 0.118. The summed E-state index contributed by atoms with van der Waals surface area (Å²) in [6, 6.07) is 11.1. The van der Waals surface area contributed by atoms with Gasteiger partial charge in [0.1, 0.15) is 0 Å². The van der Waals surface area contributed by atoms with Crippen molar-refractivity contribution in [2.75, 3.05) is 17.2 Å². The molecular weight excluding hydrogens is 365 g/mol. The van der Waals surface area contributed by atoms with Crippen molar-refractivity contribution < 1.29 is 14.4 Å². The summed E-state index contributed by atoms with van der Waals surface area (Å²) in [5, 5.41) is 8.36. The summed E-state index contributed by atoms with van der Waals surface area (Å²) >= 11 is 11.6. The van der Waals surface area contributed by atoms with Gasteiger partial charge in [0.05, 0.1) is 16.6 Å². The third-order valence-electron chi connectivity index (χ3n) is 3.08. The topological polar surface area (TPSA) is 87.3 Å². The minimum Gasteiger partial charge on any atom is -0.343 e. The predicted octanol–water partition coefficient (Wildman–Crippen LogP) is 3.32. The van der Waals surface area contributed by atoms with Gasteiger partial charge in [-0.1, -0.05) is 23.2 Å². The molecule has 3 amide bonds. The van der Waals surface area contributed by atoms with E-state index in [1.54, 1.807) is 24.3 Å². The average molecular weight is 380 g/mol. The van der Waals surface area contributed by atoms with Crippen molar-refractivity contribution in [3.8, 4) is 0 Å². The van der Waals surface area contributed by atoms with E-state index in [1.807, 2.05) is 0 Å². The molecule has 3 N–H and O–H groups in total. The Hall–Kier alpha value is -2.57. The van der Waals surface area contributed by atoms with E-state index in [9.17, 15) is 14.4 Å². The summed E-state index contributed by atoms with van der Waals surface area (Å²) in [5.74, 6) is -1.00. The molecule has 25 heavy (non-hydrogen) atoms. The molecule has 0 aliphatic rings. The monoisotopic (exact) mass is 379 g/mol. The molecule has 0 aromatic heterocycles. The Morgan fingerprint density at radius 2 is 1.48 bits per heavy atom. The van der Waals surface area contributed by atoms with Crippen LogP contribution in [0.15, 0.2) is 42.5 Å². The quantitative estimate of drug-likeness (QED) is 0.744. The molecule has 2 rings (SSSR count). The molecule has 0 bridgehead atoms. The Morgan fingerprint density at radius 3 is 2.04 bits per heavy atom. The van der Waals surface area contributed by atoms with E-state index in [0.29, 0.717) is 22.0 Å². The molecule has 0 unspecified atom stereocenters. The number of halogens is 2. The maximum absolute atomic E-state index is 12.0. The molecule has 2 aromatic carbocycles. The number of hydrogen-bond donors (Lipinski definition) is 3. The Labute approximate surface area is 154 Å². The fourth-order valence-corrected chi connectivity index (χ4v) is 2.24. The molecule has 0 radical (unpaired) electrons. The van der Waals surface area contributed by atoms with Crippen LogP contribution in [0, 0.1) is 0 Å². The van der Waals surface area contributed by atoms with Crippen LogP contribution in [0.3, 0.4) is 0 Å². The summed E-state index contributed by atoms with van der Waals surface area (Å²) in [4.78, 5) is 34.8. The highest BCUT2D eigenvalue weighted by Gasteiger charge is 2.10. The molecule has 6 nitrogen and oxygen atoms in total. The summed E-state index contributed by atoms with van der Waals surface area (Å²) in [6.07, 6.45) is 0. The van der Waals surface area contributed by atoms with Gasteiger partial charge in [-0.3, -0.25) is 14.4 Å². The van der Waals surface area contributed by atoms with Crippen LogP contribution in [-0.2, 0) is 9.59 Å². The second-order valence-corrected chi connectivity index (χ2v) is 5.93. The molecular formula is C17H15Cl2N3O3. The van der Waals surface area contributed by atoms with Gasteiger partial charge in [0.25, 0.3) is 5.91 Å². The second kappa shape index (κ2) is 8.50. The lowest BCUT2D eigenvalue weighted by molar-refractivity contribution is -0.115. The number of anilines is 2. The number of benzene rings is 2. The molecule has 0 spiro atoms. The van der Waals surface area contributed by atoms with Crippen LogP contribution >= 0.6 is 23.2 Å². The lowest BCUT2D eigenvalue weighted by Crippen LogP contribution is -2.32. The first-order valence-electron chi connectivity index (χ1n) is 7.26. The van der Waals surface area contributed by atoms with Gasteiger partial charge in [0.2, 0.25) is 11.8 Å². The van der Waals surface area contributed by atoms with E-state index in [2.05, 4.69) is 16.0 Å². The Morgan fingerprint density at radius 1 is 0.880 bits per heavy atom. The first kappa shape index (κ1) is 18.8. The highest BCUT2D eigenvalue weighted by atomic mass is 35.5. The van der Waals surface area contributed by atoms with Gasteiger partial charge in [-0.25, -0.2) is 0 Å². The van der Waals surface area contributed by atoms with Crippen LogP contribution < -0.4 is 16.0 Å². The third-order valence-corrected chi connectivity index (χ3v) is 3.82. The number of hydrogen-bond acceptors (Lipinski definition) is 3. The zero-order valence-corrected chi connectivity index (χ0v) is 14.7. The van der Waals surface area contributed by atoms with Crippen molar-refractivity contribution in [1.82, 2.24) is 5.32 Å². The van der Waals surface area contributed by atoms with Gasteiger partial charge in [-0.05, 0) is 42.5 Å². The van der Waals surface area contributed by atoms with Crippen LogP contribution in [-0.4, -0.2) is 24.3 Å². The molecule has 130 valence electrons. The standard InChI is InChI=1S/C17H15Cl2N3O3/c1-10(23)21-12-3-5-13(6-4-12)22-16(24)9-20-17(25)11-2-7-14(18)15(19)8-11/h2-8H,9H2,1H3,(H,20,25)(H,21,23)(H,22,24). The molecule has 2 aromatic rings. The molecule has 0 fully saturated rings. The largest absolute Gasteiger partial charge is 0.343 e. The number of carbonyl (C=O) groups is 3. The molecule has 0 atom stereocenters. The van der Waals surface area contributed by atoms with Gasteiger partial charge in [-0.2, -0.15) is 0 Å². The number of nitrogens with one attached hydrogen (secondary N) is 3. The van der Waals surface area contributed by atoms with E-state index in [4.69, 9.17) is 23.2 Å². The minimum atomic E-state index is -0.435. The highest BCUT2D eigenvalue weighted by molar-refractivity contribution is 6.42. The Balaban J connectivity index is 1.86. The Bertz CT molecular complexity index is 807. The predicted molar refractivity (Wildman–Crippen MR) is 98.2 cm³/mol. The summed E-state index contributed by atoms with van der Waals surface area (Å²) in [5.41, 5.74) is 1.48. The van der Waals surface area contributed by atoms with E-state index >= 15 is 0 Å². The smallest absolute Gasteiger partial charge is 0.251 e. The SMILES string of the molecule is CC(=O)Nc1ccc(NC(=O)CNC(=O)c2ccc(Cl)c(Cl)c2)cc1. The molecule has 0 heterocycles. The normalized spacial score (nSPS) is 10.0. The lowest BCUT2D eigenvalue weighted by Gasteiger charge is -2.08. The van der Waals surface area contributed by atoms with E-state index in [-0.39, 0.29) is 23.4 Å². The van der Waals surface area contributed by atoms with Crippen LogP contribution in [0.5, 0.6) is 0 Å². The summed E-state index contributed by atoms with van der Waals surface area (Å²) in [7, 11) is 0. The lowest BCUT2D eigenvalue weighted by atomic mass is 10.2. The number of amides is 3. The van der Waals surface area contributed by atoms with Crippen LogP contribution in [0.1, 0.15) is 17.3 Å². The van der Waals surface area contributed by atoms with Crippen molar-refractivity contribution in [3.63, 3.8) is 0 Å². The maximum Gasteiger partial charge on any atom is 0.251 e. The van der Waals surface area contributed by atoms with Gasteiger partial charge < -0.3 is 16.0 Å². The fourth-order valence-electron chi connectivity index (χ4n) is 1.95. The number of carbonyl (C=O) groups excluding carboxylic acids is 3. The van der Waals surface area contributed by atoms with Crippen molar-refractivity contribution in [3.05, 3.63) is 58.1 Å². The van der Waals surface area contributed by atoms with Crippen molar-refractivity contribution in [1.29, 1.82) is 0 Å². The Kier molecular flexibility index (Phi) is 6.38. The zero-order valence-electron chi connectivity index (χ0n) is 13.2. The first-order chi connectivity index (χ1) is 11.8. The highest BCUT2D eigenvalue weighted by Crippen LogP contribution is 2.22. The molecule has 8 heteroatoms. The molecule has 0 aliphatic carbocycles. The van der Waals surface area contributed by atoms with Crippen LogP contribution in [0.4, 0.5) is 11.4 Å². The molecule has 0 saturated carbocycles. The molecule has 0 saturated heterocycles. The maximum atomic E-state index is 12.0. The van der Waals surface area contributed by atoms with Crippen LogP contribution in [0.2, 0.25) is 10.0 Å². The average Bonchev–Trinajstić information content (AvgIpc) is 2.56. The van der Waals surface area contributed by atoms with Crippen molar-refractivity contribution in [2.24, 2.45) is 0 Å². The number of rotatable bonds is 5. The second-order valence-electron chi connectivity index (χ2n) is 5.12. The van der Waals surface area contributed by atoms with Gasteiger partial charge in [-0.15, -0.1) is 0 Å². The summed E-state index contributed by atoms with van der Waals surface area (Å²) < 4.78 is 0. The van der Waals surface area contributed by atoms with E-state index in [0.717, 1.165) is 0 Å². The van der Waals surface area contributed by atoms with Crippen molar-refractivity contribution in [2.45, 2.75) is 6.92 Å². The van der Waals surface area contributed by atoms with Gasteiger partial charge >= 0.3 is 0 Å². The first-order valence-corrected chi connectivity index (χ1v) is 8.01. The third kappa shape index (κ3) is 5.77. The van der Waals surface area contributed by atoms with Gasteiger partial charge in [0.15, 0.2) is 0 Å². The van der Waals surface area contributed by atoms with Gasteiger partial charge in [0, 0.05) is 23.9 Å². The summed E-state index contributed by atoms with van der Waals surface area (Å²) in [6.45, 7) is 1.21. The van der Waals surface area contributed by atoms with Crippen LogP contribution in [0.25, 0.3) is 0 Å². The van der Waals surface area contributed by atoms with Crippen molar-refractivity contribution >= 4 is 52.3 Å².